The van der Waals surface area contributed by atoms with E-state index in [0.29, 0.717) is 27.5 Å². The maximum absolute atomic E-state index is 14.0. The Labute approximate surface area is 124 Å². The fourth-order valence-corrected chi connectivity index (χ4v) is 2.25. The summed E-state index contributed by atoms with van der Waals surface area (Å²) in [5, 5.41) is 3.28. The Kier molecular flexibility index (Phi) is 3.50. The summed E-state index contributed by atoms with van der Waals surface area (Å²) in [5.41, 5.74) is 1.22. The van der Waals surface area contributed by atoms with Crippen molar-refractivity contribution in [2.45, 2.75) is 0 Å². The second-order valence-corrected chi connectivity index (χ2v) is 4.68. The van der Waals surface area contributed by atoms with Crippen molar-refractivity contribution in [2.75, 3.05) is 13.7 Å². The number of halogens is 1. The molecule has 1 amide bonds. The predicted octanol–water partition coefficient (Wildman–Crippen LogP) is 2.63. The van der Waals surface area contributed by atoms with Gasteiger partial charge in [0.1, 0.15) is 23.5 Å². The smallest absolute Gasteiger partial charge is 0.325 e. The second-order valence-electron chi connectivity index (χ2n) is 4.68. The molecule has 0 fully saturated rings. The van der Waals surface area contributed by atoms with Crippen molar-refractivity contribution in [3.8, 4) is 0 Å². The third-order valence-electron chi connectivity index (χ3n) is 3.33. The van der Waals surface area contributed by atoms with Gasteiger partial charge in [0.25, 0.3) is 5.91 Å². The normalized spacial score (nSPS) is 10.8. The molecule has 5 nitrogen and oxygen atoms in total. The third-order valence-corrected chi connectivity index (χ3v) is 3.33. The molecule has 0 bridgehead atoms. The zero-order chi connectivity index (χ0) is 15.7. The largest absolute Gasteiger partial charge is 0.468 e. The molecule has 6 heteroatoms. The minimum Gasteiger partial charge on any atom is -0.468 e. The van der Waals surface area contributed by atoms with E-state index in [1.807, 2.05) is 0 Å². The van der Waals surface area contributed by atoms with Gasteiger partial charge in [-0.2, -0.15) is 0 Å². The topological polar surface area (TPSA) is 68.5 Å². The van der Waals surface area contributed by atoms with Crippen LogP contribution < -0.4 is 5.32 Å². The van der Waals surface area contributed by atoms with Crippen molar-refractivity contribution in [3.05, 3.63) is 47.8 Å². The molecule has 0 atom stereocenters. The maximum atomic E-state index is 14.0. The average molecular weight is 301 g/mol. The van der Waals surface area contributed by atoms with Gasteiger partial charge in [0, 0.05) is 10.9 Å². The van der Waals surface area contributed by atoms with Crippen molar-refractivity contribution in [2.24, 2.45) is 0 Å². The Morgan fingerprint density at radius 1 is 1.23 bits per heavy atom. The number of fused-ring (bicyclic) bond motifs is 3. The fraction of sp³-hybridized carbons (Fsp3) is 0.125. The zero-order valence-corrected chi connectivity index (χ0v) is 11.7. The number of hydrogen-bond donors (Lipinski definition) is 1. The molecular formula is C16H12FNO4. The highest BCUT2D eigenvalue weighted by molar-refractivity contribution is 6.08. The number of hydrogen-bond acceptors (Lipinski definition) is 4. The predicted molar refractivity (Wildman–Crippen MR) is 78.0 cm³/mol. The van der Waals surface area contributed by atoms with Crippen molar-refractivity contribution >= 4 is 33.8 Å². The van der Waals surface area contributed by atoms with Gasteiger partial charge in [0.2, 0.25) is 0 Å². The van der Waals surface area contributed by atoms with Gasteiger partial charge in [-0.15, -0.1) is 0 Å². The number of amides is 1. The van der Waals surface area contributed by atoms with Crippen LogP contribution in [-0.4, -0.2) is 25.5 Å². The van der Waals surface area contributed by atoms with E-state index in [1.54, 1.807) is 24.3 Å². The molecule has 0 aliphatic carbocycles. The van der Waals surface area contributed by atoms with Gasteiger partial charge in [-0.25, -0.2) is 4.39 Å². The quantitative estimate of drug-likeness (QED) is 0.755. The summed E-state index contributed by atoms with van der Waals surface area (Å²) in [5.74, 6) is -1.41. The van der Waals surface area contributed by atoms with Crippen molar-refractivity contribution in [3.63, 3.8) is 0 Å². The first-order chi connectivity index (χ1) is 10.6. The van der Waals surface area contributed by atoms with Crippen LogP contribution in [-0.2, 0) is 9.53 Å². The highest BCUT2D eigenvalue weighted by atomic mass is 19.1. The molecule has 22 heavy (non-hydrogen) atoms. The molecule has 0 aliphatic heterocycles. The number of carbonyl (C=O) groups excluding carboxylic acids is 2. The van der Waals surface area contributed by atoms with Crippen molar-refractivity contribution in [1.82, 2.24) is 5.32 Å². The number of benzene rings is 2. The van der Waals surface area contributed by atoms with E-state index in [4.69, 9.17) is 4.42 Å². The molecule has 0 radical (unpaired) electrons. The summed E-state index contributed by atoms with van der Waals surface area (Å²) < 4.78 is 23.9. The summed E-state index contributed by atoms with van der Waals surface area (Å²) in [7, 11) is 1.24. The molecule has 3 rings (SSSR count). The Balaban J connectivity index is 2.00. The van der Waals surface area contributed by atoms with Crippen LogP contribution in [0, 0.1) is 5.82 Å². The van der Waals surface area contributed by atoms with E-state index < -0.39 is 17.7 Å². The van der Waals surface area contributed by atoms with Gasteiger partial charge < -0.3 is 14.5 Å². The van der Waals surface area contributed by atoms with Crippen molar-refractivity contribution in [1.29, 1.82) is 0 Å². The average Bonchev–Trinajstić information content (AvgIpc) is 2.91. The van der Waals surface area contributed by atoms with Gasteiger partial charge in [-0.3, -0.25) is 9.59 Å². The summed E-state index contributed by atoms with van der Waals surface area (Å²) in [6.07, 6.45) is 0. The molecule has 1 N–H and O–H groups in total. The third kappa shape index (κ3) is 2.39. The Morgan fingerprint density at radius 3 is 2.82 bits per heavy atom. The molecule has 0 saturated heterocycles. The lowest BCUT2D eigenvalue weighted by atomic mass is 10.1. The van der Waals surface area contributed by atoms with Crippen LogP contribution in [0.3, 0.4) is 0 Å². The molecule has 2 aromatic carbocycles. The molecule has 0 spiro atoms. The highest BCUT2D eigenvalue weighted by Crippen LogP contribution is 2.31. The molecule has 1 heterocycles. The Hall–Kier alpha value is -2.89. The first-order valence-corrected chi connectivity index (χ1v) is 6.56. The van der Waals surface area contributed by atoms with Crippen LogP contribution >= 0.6 is 0 Å². The van der Waals surface area contributed by atoms with E-state index in [-0.39, 0.29) is 6.54 Å². The standard InChI is InChI=1S/C16H12FNO4/c1-21-14(19)8-18-16(20)9-5-6-12-10(7-9)15-11(17)3-2-4-13(15)22-12/h2-7H,8H2,1H3,(H,18,20). The van der Waals surface area contributed by atoms with Crippen LogP contribution in [0.1, 0.15) is 10.4 Å². The summed E-state index contributed by atoms with van der Waals surface area (Å²) in [6.45, 7) is -0.228. The lowest BCUT2D eigenvalue weighted by Gasteiger charge is -2.03. The SMILES string of the molecule is COC(=O)CNC(=O)c1ccc2oc3cccc(F)c3c2c1. The molecule has 0 unspecified atom stereocenters. The minimum absolute atomic E-state index is 0.228. The first kappa shape index (κ1) is 14.1. The summed E-state index contributed by atoms with van der Waals surface area (Å²) >= 11 is 0. The maximum Gasteiger partial charge on any atom is 0.325 e. The lowest BCUT2D eigenvalue weighted by Crippen LogP contribution is -2.30. The van der Waals surface area contributed by atoms with Crippen LogP contribution in [0.25, 0.3) is 21.9 Å². The molecule has 3 aromatic rings. The number of methoxy groups -OCH3 is 1. The molecule has 0 aliphatic rings. The minimum atomic E-state index is -0.547. The number of rotatable bonds is 3. The number of carbonyl (C=O) groups is 2. The van der Waals surface area contributed by atoms with Crippen LogP contribution in [0.15, 0.2) is 40.8 Å². The van der Waals surface area contributed by atoms with E-state index in [0.717, 1.165) is 0 Å². The monoisotopic (exact) mass is 301 g/mol. The van der Waals surface area contributed by atoms with E-state index in [2.05, 4.69) is 10.1 Å². The van der Waals surface area contributed by atoms with Crippen LogP contribution in [0.4, 0.5) is 4.39 Å². The van der Waals surface area contributed by atoms with Gasteiger partial charge in [-0.05, 0) is 30.3 Å². The van der Waals surface area contributed by atoms with E-state index in [1.165, 1.54) is 19.2 Å². The van der Waals surface area contributed by atoms with Crippen LogP contribution in [0.5, 0.6) is 0 Å². The van der Waals surface area contributed by atoms with Crippen molar-refractivity contribution < 1.29 is 23.1 Å². The first-order valence-electron chi connectivity index (χ1n) is 6.56. The van der Waals surface area contributed by atoms with Gasteiger partial charge in [0.05, 0.1) is 12.5 Å². The second kappa shape index (κ2) is 5.48. The number of esters is 1. The molecule has 0 saturated carbocycles. The molecule has 112 valence electrons. The number of furan rings is 1. The van der Waals surface area contributed by atoms with Gasteiger partial charge >= 0.3 is 5.97 Å². The summed E-state index contributed by atoms with van der Waals surface area (Å²) in [4.78, 5) is 23.0. The van der Waals surface area contributed by atoms with Crippen LogP contribution in [0.2, 0.25) is 0 Å². The summed E-state index contributed by atoms with van der Waals surface area (Å²) in [6, 6.07) is 9.24. The Bertz CT molecular complexity index is 884. The Morgan fingerprint density at radius 2 is 2.05 bits per heavy atom. The fourth-order valence-electron chi connectivity index (χ4n) is 2.25. The van der Waals surface area contributed by atoms with Gasteiger partial charge in [-0.1, -0.05) is 6.07 Å². The molecule has 1 aromatic heterocycles. The van der Waals surface area contributed by atoms with Gasteiger partial charge in [0.15, 0.2) is 0 Å². The highest BCUT2D eigenvalue weighted by Gasteiger charge is 2.14. The number of nitrogens with one attached hydrogen (secondary N) is 1. The molecular weight excluding hydrogens is 289 g/mol. The van der Waals surface area contributed by atoms with E-state index in [9.17, 15) is 14.0 Å². The lowest BCUT2D eigenvalue weighted by molar-refractivity contribution is -0.139. The van der Waals surface area contributed by atoms with E-state index >= 15 is 0 Å². The zero-order valence-electron chi connectivity index (χ0n) is 11.7. The number of ether oxygens (including phenoxy) is 1.